The molecule has 0 fully saturated rings. The van der Waals surface area contributed by atoms with Crippen molar-refractivity contribution in [3.8, 4) is 0 Å². The minimum Gasteiger partial charge on any atom is -0.495 e. The molecular weight excluding hydrogens is 126 g/mol. The molecule has 0 N–H and O–H groups in total. The molecule has 0 saturated carbocycles. The predicted octanol–water partition coefficient (Wildman–Crippen LogP) is 2.01. The van der Waals surface area contributed by atoms with E-state index in [0.29, 0.717) is 0 Å². The summed E-state index contributed by atoms with van der Waals surface area (Å²) in [6.45, 7) is 3.58. The van der Waals surface area contributed by atoms with E-state index in [-0.39, 0.29) is 0 Å². The van der Waals surface area contributed by atoms with E-state index >= 15 is 0 Å². The lowest BCUT2D eigenvalue weighted by atomic mass is 10.4. The molecule has 0 saturated heterocycles. The third-order valence-electron chi connectivity index (χ3n) is 0.527. The first-order valence-electron chi connectivity index (χ1n) is 2.52. The maximum absolute atomic E-state index is 11.8. The van der Waals surface area contributed by atoms with Gasteiger partial charge in [-0.25, -0.2) is 8.78 Å². The summed E-state index contributed by atoms with van der Waals surface area (Å²) in [6.07, 6.45) is 2.74. The number of allylic oxidation sites excluding steroid dienone is 1. The van der Waals surface area contributed by atoms with Gasteiger partial charge in [-0.05, 0) is 6.92 Å². The van der Waals surface area contributed by atoms with Gasteiger partial charge in [0, 0.05) is 6.92 Å². The normalized spacial score (nSPS) is 12.4. The molecule has 3 heteroatoms. The van der Waals surface area contributed by atoms with E-state index in [4.69, 9.17) is 0 Å². The lowest BCUT2D eigenvalue weighted by molar-refractivity contribution is -0.0135. The number of alkyl halides is 2. The molecule has 9 heavy (non-hydrogen) atoms. The third kappa shape index (κ3) is 7.40. The largest absolute Gasteiger partial charge is 0.495 e. The van der Waals surface area contributed by atoms with Crippen molar-refractivity contribution in [1.82, 2.24) is 0 Å². The lowest BCUT2D eigenvalue weighted by Crippen LogP contribution is -2.17. The summed E-state index contributed by atoms with van der Waals surface area (Å²) in [4.78, 5) is 0. The van der Waals surface area contributed by atoms with E-state index in [1.54, 1.807) is 6.92 Å². The second-order valence-electron chi connectivity index (χ2n) is 1.64. The van der Waals surface area contributed by atoms with E-state index < -0.39 is 12.5 Å². The molecular formula is C6H9F2O. The Kier molecular flexibility index (Phi) is 3.20. The molecule has 0 aromatic heterocycles. The quantitative estimate of drug-likeness (QED) is 0.538. The summed E-state index contributed by atoms with van der Waals surface area (Å²) in [6, 6.07) is 0. The second-order valence-corrected chi connectivity index (χ2v) is 1.64. The maximum atomic E-state index is 11.8. The van der Waals surface area contributed by atoms with Crippen molar-refractivity contribution in [2.24, 2.45) is 0 Å². The smallest absolute Gasteiger partial charge is 0.281 e. The average Bonchev–Trinajstić information content (AvgIpc) is 1.63. The SMILES string of the molecule is [CH2]C(F)(F)CO/C=C\C. The van der Waals surface area contributed by atoms with Crippen molar-refractivity contribution in [2.45, 2.75) is 12.8 Å². The molecule has 0 atom stereocenters. The Bertz CT molecular complexity index is 93.7. The highest BCUT2D eigenvalue weighted by Gasteiger charge is 2.20. The fourth-order valence-corrected chi connectivity index (χ4v) is 0.266. The van der Waals surface area contributed by atoms with Gasteiger partial charge in [0.1, 0.15) is 0 Å². The van der Waals surface area contributed by atoms with Crippen molar-refractivity contribution < 1.29 is 13.5 Å². The monoisotopic (exact) mass is 135 g/mol. The summed E-state index contributed by atoms with van der Waals surface area (Å²) >= 11 is 0. The Labute approximate surface area is 53.3 Å². The highest BCUT2D eigenvalue weighted by molar-refractivity contribution is 4.71. The summed E-state index contributed by atoms with van der Waals surface area (Å²) < 4.78 is 27.9. The van der Waals surface area contributed by atoms with Gasteiger partial charge in [0.2, 0.25) is 0 Å². The van der Waals surface area contributed by atoms with Gasteiger partial charge >= 0.3 is 0 Å². The van der Waals surface area contributed by atoms with Gasteiger partial charge in [-0.3, -0.25) is 0 Å². The molecule has 0 spiro atoms. The summed E-state index contributed by atoms with van der Waals surface area (Å²) in [7, 11) is 0. The average molecular weight is 135 g/mol. The Morgan fingerprint density at radius 1 is 1.67 bits per heavy atom. The summed E-state index contributed by atoms with van der Waals surface area (Å²) in [5.41, 5.74) is 0. The van der Waals surface area contributed by atoms with Crippen LogP contribution in [-0.2, 0) is 4.74 Å². The molecule has 0 aliphatic heterocycles. The highest BCUT2D eigenvalue weighted by atomic mass is 19.3. The van der Waals surface area contributed by atoms with Crippen LogP contribution < -0.4 is 0 Å². The molecule has 0 unspecified atom stereocenters. The van der Waals surface area contributed by atoms with Crippen LogP contribution in [0.5, 0.6) is 0 Å². The van der Waals surface area contributed by atoms with Crippen LogP contribution in [0.4, 0.5) is 8.78 Å². The van der Waals surface area contributed by atoms with E-state index in [0.717, 1.165) is 0 Å². The lowest BCUT2D eigenvalue weighted by Gasteiger charge is -2.07. The first-order chi connectivity index (χ1) is 4.06. The summed E-state index contributed by atoms with van der Waals surface area (Å²) in [5, 5.41) is 0. The molecule has 0 rings (SSSR count). The van der Waals surface area contributed by atoms with Gasteiger partial charge in [0.25, 0.3) is 5.92 Å². The molecule has 0 aliphatic rings. The molecule has 0 aromatic carbocycles. The van der Waals surface area contributed by atoms with Crippen LogP contribution in [0, 0.1) is 6.92 Å². The second kappa shape index (κ2) is 3.43. The van der Waals surface area contributed by atoms with E-state index in [1.807, 2.05) is 0 Å². The van der Waals surface area contributed by atoms with Gasteiger partial charge in [-0.1, -0.05) is 6.08 Å². The van der Waals surface area contributed by atoms with Gasteiger partial charge < -0.3 is 4.74 Å². The number of halogens is 2. The zero-order chi connectivity index (χ0) is 7.33. The van der Waals surface area contributed by atoms with Crippen LogP contribution in [-0.4, -0.2) is 12.5 Å². The minimum absolute atomic E-state index is 0.655. The molecule has 1 radical (unpaired) electrons. The number of rotatable bonds is 3. The Morgan fingerprint density at radius 3 is 2.56 bits per heavy atom. The Hall–Kier alpha value is -0.600. The highest BCUT2D eigenvalue weighted by Crippen LogP contribution is 2.10. The van der Waals surface area contributed by atoms with Crippen molar-refractivity contribution in [2.75, 3.05) is 6.61 Å². The zero-order valence-electron chi connectivity index (χ0n) is 5.23. The van der Waals surface area contributed by atoms with Crippen molar-refractivity contribution in [3.63, 3.8) is 0 Å². The first-order valence-corrected chi connectivity index (χ1v) is 2.52. The first kappa shape index (κ1) is 8.40. The molecule has 53 valence electrons. The summed E-state index contributed by atoms with van der Waals surface area (Å²) in [5.74, 6) is -2.97. The van der Waals surface area contributed by atoms with Crippen LogP contribution in [0.3, 0.4) is 0 Å². The van der Waals surface area contributed by atoms with Crippen molar-refractivity contribution in [1.29, 1.82) is 0 Å². The van der Waals surface area contributed by atoms with Crippen LogP contribution in [0.25, 0.3) is 0 Å². The molecule has 0 aromatic rings. The zero-order valence-corrected chi connectivity index (χ0v) is 5.23. The van der Waals surface area contributed by atoms with Gasteiger partial charge in [0.15, 0.2) is 6.61 Å². The van der Waals surface area contributed by atoms with Crippen LogP contribution in [0.2, 0.25) is 0 Å². The van der Waals surface area contributed by atoms with E-state index in [1.165, 1.54) is 12.3 Å². The van der Waals surface area contributed by atoms with Crippen LogP contribution >= 0.6 is 0 Å². The van der Waals surface area contributed by atoms with Crippen LogP contribution in [0.15, 0.2) is 12.3 Å². The topological polar surface area (TPSA) is 9.23 Å². The molecule has 0 heterocycles. The van der Waals surface area contributed by atoms with Crippen molar-refractivity contribution in [3.05, 3.63) is 19.3 Å². The Morgan fingerprint density at radius 2 is 2.22 bits per heavy atom. The minimum atomic E-state index is -2.97. The standard InChI is InChI=1S/C6H9F2O/c1-3-4-9-5-6(2,7)8/h3-4H,2,5H2,1H3/b4-3-. The van der Waals surface area contributed by atoms with Crippen LogP contribution in [0.1, 0.15) is 6.92 Å². The predicted molar refractivity (Wildman–Crippen MR) is 31.1 cm³/mol. The molecule has 1 nitrogen and oxygen atoms in total. The van der Waals surface area contributed by atoms with E-state index in [2.05, 4.69) is 11.7 Å². The van der Waals surface area contributed by atoms with Crippen molar-refractivity contribution >= 4 is 0 Å². The molecule has 0 aliphatic carbocycles. The fourth-order valence-electron chi connectivity index (χ4n) is 0.266. The molecule has 0 bridgehead atoms. The number of ether oxygens (including phenoxy) is 1. The number of hydrogen-bond acceptors (Lipinski definition) is 1. The van der Waals surface area contributed by atoms with Gasteiger partial charge in [-0.15, -0.1) is 0 Å². The fraction of sp³-hybridized carbons (Fsp3) is 0.500. The van der Waals surface area contributed by atoms with E-state index in [9.17, 15) is 8.78 Å². The molecule has 0 amide bonds. The van der Waals surface area contributed by atoms with Gasteiger partial charge in [-0.2, -0.15) is 0 Å². The van der Waals surface area contributed by atoms with Gasteiger partial charge in [0.05, 0.1) is 6.26 Å². The maximum Gasteiger partial charge on any atom is 0.281 e. The number of hydrogen-bond donors (Lipinski definition) is 0. The Balaban J connectivity index is 3.28. The third-order valence-corrected chi connectivity index (χ3v) is 0.527.